The average molecular weight is 299 g/mol. The zero-order chi connectivity index (χ0) is 14.8. The molecule has 3 rings (SSSR count). The molecule has 0 amide bonds. The van der Waals surface area contributed by atoms with Gasteiger partial charge in [-0.3, -0.25) is 4.99 Å². The lowest BCUT2D eigenvalue weighted by Crippen LogP contribution is -1.84. The first-order valence-electron chi connectivity index (χ1n) is 6.69. The average Bonchev–Trinajstić information content (AvgIpc) is 2.76. The first kappa shape index (κ1) is 13.7. The van der Waals surface area contributed by atoms with Gasteiger partial charge in [0, 0.05) is 22.1 Å². The Labute approximate surface area is 127 Å². The third kappa shape index (κ3) is 2.93. The van der Waals surface area contributed by atoms with Crippen LogP contribution in [0.3, 0.4) is 0 Å². The molecule has 0 saturated carbocycles. The van der Waals surface area contributed by atoms with E-state index in [0.717, 1.165) is 27.6 Å². The van der Waals surface area contributed by atoms with Crippen LogP contribution >= 0.6 is 11.6 Å². The van der Waals surface area contributed by atoms with Crippen molar-refractivity contribution in [3.05, 3.63) is 64.2 Å². The number of aromatic hydroxyl groups is 1. The van der Waals surface area contributed by atoms with Gasteiger partial charge in [-0.15, -0.1) is 0 Å². The van der Waals surface area contributed by atoms with E-state index in [-0.39, 0.29) is 5.88 Å². The molecule has 0 unspecified atom stereocenters. The quantitative estimate of drug-likeness (QED) is 0.689. The summed E-state index contributed by atoms with van der Waals surface area (Å²) in [5.41, 5.74) is 3.86. The Balaban J connectivity index is 1.85. The largest absolute Gasteiger partial charge is 0.494 e. The van der Waals surface area contributed by atoms with Crippen molar-refractivity contribution in [2.75, 3.05) is 0 Å². The molecule has 0 aliphatic carbocycles. The third-order valence-corrected chi connectivity index (χ3v) is 3.63. The standard InChI is InChI=1S/C17H15ClN2O/c1-11-2-7-14-15(17(21)20-16(14)8-11)10-19-9-12-3-5-13(18)6-4-12/h2-8,10,20-21H,9H2,1H3. The molecule has 0 bridgehead atoms. The van der Waals surface area contributed by atoms with E-state index in [1.54, 1.807) is 6.21 Å². The van der Waals surface area contributed by atoms with Gasteiger partial charge in [0.2, 0.25) is 0 Å². The van der Waals surface area contributed by atoms with Gasteiger partial charge < -0.3 is 10.1 Å². The summed E-state index contributed by atoms with van der Waals surface area (Å²) in [6.45, 7) is 2.57. The molecule has 0 aliphatic rings. The summed E-state index contributed by atoms with van der Waals surface area (Å²) in [5.74, 6) is 0.149. The van der Waals surface area contributed by atoms with Gasteiger partial charge in [0.25, 0.3) is 0 Å². The van der Waals surface area contributed by atoms with Crippen molar-refractivity contribution in [3.8, 4) is 5.88 Å². The van der Waals surface area contributed by atoms with E-state index in [1.165, 1.54) is 0 Å². The molecule has 0 spiro atoms. The van der Waals surface area contributed by atoms with Gasteiger partial charge in [-0.2, -0.15) is 0 Å². The SMILES string of the molecule is Cc1ccc2c(C=NCc3ccc(Cl)cc3)c(O)[nH]c2c1. The van der Waals surface area contributed by atoms with Crippen LogP contribution in [0.15, 0.2) is 47.5 Å². The molecule has 21 heavy (non-hydrogen) atoms. The van der Waals surface area contributed by atoms with E-state index in [9.17, 15) is 5.11 Å². The van der Waals surface area contributed by atoms with Crippen molar-refractivity contribution >= 4 is 28.7 Å². The van der Waals surface area contributed by atoms with Crippen LogP contribution in [0, 0.1) is 6.92 Å². The predicted molar refractivity (Wildman–Crippen MR) is 87.5 cm³/mol. The fourth-order valence-corrected chi connectivity index (χ4v) is 2.41. The van der Waals surface area contributed by atoms with Crippen molar-refractivity contribution in [2.24, 2.45) is 4.99 Å². The molecule has 2 N–H and O–H groups in total. The number of nitrogens with zero attached hydrogens (tertiary/aromatic N) is 1. The minimum atomic E-state index is 0.149. The van der Waals surface area contributed by atoms with Crippen molar-refractivity contribution in [3.63, 3.8) is 0 Å². The highest BCUT2D eigenvalue weighted by Gasteiger charge is 2.08. The molecule has 0 fully saturated rings. The summed E-state index contributed by atoms with van der Waals surface area (Å²) in [4.78, 5) is 7.37. The molecule has 106 valence electrons. The molecular formula is C17H15ClN2O. The number of nitrogens with one attached hydrogen (secondary N) is 1. The lowest BCUT2D eigenvalue weighted by Gasteiger charge is -1.97. The molecule has 1 heterocycles. The van der Waals surface area contributed by atoms with Crippen LogP contribution in [-0.4, -0.2) is 16.3 Å². The van der Waals surface area contributed by atoms with Crippen molar-refractivity contribution in [1.82, 2.24) is 4.98 Å². The summed E-state index contributed by atoms with van der Waals surface area (Å²) in [5, 5.41) is 11.7. The van der Waals surface area contributed by atoms with Gasteiger partial charge in [-0.25, -0.2) is 0 Å². The molecule has 4 heteroatoms. The van der Waals surface area contributed by atoms with E-state index >= 15 is 0 Å². The maximum atomic E-state index is 9.99. The number of aryl methyl sites for hydroxylation is 1. The second kappa shape index (κ2) is 5.62. The van der Waals surface area contributed by atoms with Crippen LogP contribution in [-0.2, 0) is 6.54 Å². The minimum absolute atomic E-state index is 0.149. The molecular weight excluding hydrogens is 284 g/mol. The van der Waals surface area contributed by atoms with Crippen molar-refractivity contribution in [2.45, 2.75) is 13.5 Å². The molecule has 2 aromatic carbocycles. The number of aliphatic imine (C=N–C) groups is 1. The first-order valence-corrected chi connectivity index (χ1v) is 7.07. The molecule has 0 aliphatic heterocycles. The lowest BCUT2D eigenvalue weighted by atomic mass is 10.1. The molecule has 0 saturated heterocycles. The van der Waals surface area contributed by atoms with Gasteiger partial charge in [0.1, 0.15) is 0 Å². The highest BCUT2D eigenvalue weighted by atomic mass is 35.5. The first-order chi connectivity index (χ1) is 10.1. The highest BCUT2D eigenvalue weighted by Crippen LogP contribution is 2.26. The fourth-order valence-electron chi connectivity index (χ4n) is 2.28. The van der Waals surface area contributed by atoms with E-state index in [0.29, 0.717) is 11.6 Å². The summed E-state index contributed by atoms with van der Waals surface area (Å²) < 4.78 is 0. The summed E-state index contributed by atoms with van der Waals surface area (Å²) >= 11 is 5.85. The lowest BCUT2D eigenvalue weighted by molar-refractivity contribution is 0.457. The Morgan fingerprint density at radius 1 is 1.19 bits per heavy atom. The van der Waals surface area contributed by atoms with Gasteiger partial charge in [0.05, 0.1) is 12.1 Å². The number of hydrogen-bond donors (Lipinski definition) is 2. The van der Waals surface area contributed by atoms with E-state index in [4.69, 9.17) is 11.6 Å². The number of halogens is 1. The minimum Gasteiger partial charge on any atom is -0.494 e. The third-order valence-electron chi connectivity index (χ3n) is 3.38. The topological polar surface area (TPSA) is 48.4 Å². The van der Waals surface area contributed by atoms with Crippen LogP contribution < -0.4 is 0 Å². The van der Waals surface area contributed by atoms with Gasteiger partial charge >= 0.3 is 0 Å². The second-order valence-electron chi connectivity index (χ2n) is 5.03. The summed E-state index contributed by atoms with van der Waals surface area (Å²) in [6.07, 6.45) is 1.71. The number of hydrogen-bond acceptors (Lipinski definition) is 2. The van der Waals surface area contributed by atoms with E-state index in [1.807, 2.05) is 49.4 Å². The molecule has 3 nitrogen and oxygen atoms in total. The Kier molecular flexibility index (Phi) is 3.67. The monoisotopic (exact) mass is 298 g/mol. The maximum absolute atomic E-state index is 9.99. The molecule has 1 aromatic heterocycles. The molecule has 0 atom stereocenters. The van der Waals surface area contributed by atoms with Crippen LogP contribution in [0.1, 0.15) is 16.7 Å². The number of benzene rings is 2. The molecule has 0 radical (unpaired) electrons. The fraction of sp³-hybridized carbons (Fsp3) is 0.118. The number of H-pyrrole nitrogens is 1. The Morgan fingerprint density at radius 3 is 2.71 bits per heavy atom. The van der Waals surface area contributed by atoms with Gasteiger partial charge in [-0.1, -0.05) is 35.9 Å². The van der Waals surface area contributed by atoms with Crippen LogP contribution in [0.5, 0.6) is 5.88 Å². The van der Waals surface area contributed by atoms with Gasteiger partial charge in [0.15, 0.2) is 5.88 Å². The van der Waals surface area contributed by atoms with Crippen molar-refractivity contribution < 1.29 is 5.11 Å². The smallest absolute Gasteiger partial charge is 0.198 e. The van der Waals surface area contributed by atoms with Crippen molar-refractivity contribution in [1.29, 1.82) is 0 Å². The van der Waals surface area contributed by atoms with Crippen LogP contribution in [0.4, 0.5) is 0 Å². The highest BCUT2D eigenvalue weighted by molar-refractivity contribution is 6.30. The number of fused-ring (bicyclic) bond motifs is 1. The van der Waals surface area contributed by atoms with Crippen LogP contribution in [0.2, 0.25) is 5.02 Å². The van der Waals surface area contributed by atoms with Gasteiger partial charge in [-0.05, 0) is 36.2 Å². The number of aromatic amines is 1. The summed E-state index contributed by atoms with van der Waals surface area (Å²) in [6, 6.07) is 13.6. The normalized spacial score (nSPS) is 11.5. The maximum Gasteiger partial charge on any atom is 0.198 e. The zero-order valence-electron chi connectivity index (χ0n) is 11.6. The Morgan fingerprint density at radius 2 is 1.95 bits per heavy atom. The summed E-state index contributed by atoms with van der Waals surface area (Å²) in [7, 11) is 0. The predicted octanol–water partition coefficient (Wildman–Crippen LogP) is 4.45. The van der Waals surface area contributed by atoms with Crippen LogP contribution in [0.25, 0.3) is 10.9 Å². The van der Waals surface area contributed by atoms with E-state index in [2.05, 4.69) is 9.98 Å². The number of aromatic nitrogens is 1. The molecule has 3 aromatic rings. The zero-order valence-corrected chi connectivity index (χ0v) is 12.4. The van der Waals surface area contributed by atoms with E-state index < -0.39 is 0 Å². The number of rotatable bonds is 3. The second-order valence-corrected chi connectivity index (χ2v) is 5.47. The Bertz CT molecular complexity index is 804. The Hall–Kier alpha value is -2.26.